The number of nitrogens with zero attached hydrogens (tertiary/aromatic N) is 2. The lowest BCUT2D eigenvalue weighted by Gasteiger charge is -2.19. The molecule has 104 valence electrons. The Bertz CT molecular complexity index is 583. The van der Waals surface area contributed by atoms with E-state index in [4.69, 9.17) is 10.5 Å². The number of hydrogen-bond donors (Lipinski definition) is 1. The lowest BCUT2D eigenvalue weighted by atomic mass is 9.92. The Morgan fingerprint density at radius 3 is 3.00 bits per heavy atom. The topological polar surface area (TPSA) is 61.0 Å². The molecule has 2 heterocycles. The highest BCUT2D eigenvalue weighted by Crippen LogP contribution is 2.33. The lowest BCUT2D eigenvalue weighted by Crippen LogP contribution is -2.30. The average Bonchev–Trinajstić information content (AvgIpc) is 2.92. The first kappa shape index (κ1) is 13.1. The molecule has 2 N–H and O–H groups in total. The fourth-order valence-electron chi connectivity index (χ4n) is 2.93. The van der Waals surface area contributed by atoms with Gasteiger partial charge in [-0.3, -0.25) is 4.98 Å². The van der Waals surface area contributed by atoms with E-state index in [0.717, 1.165) is 24.8 Å². The van der Waals surface area contributed by atoms with Gasteiger partial charge in [0.05, 0.1) is 7.11 Å². The third-order valence-electron chi connectivity index (χ3n) is 4.00. The monoisotopic (exact) mass is 269 g/mol. The molecule has 2 aromatic rings. The number of aryl methyl sites for hydroxylation is 1. The summed E-state index contributed by atoms with van der Waals surface area (Å²) in [6.45, 7) is 0. The van der Waals surface area contributed by atoms with Gasteiger partial charge in [0.1, 0.15) is 0 Å². The first-order valence-electron chi connectivity index (χ1n) is 6.96. The predicted molar refractivity (Wildman–Crippen MR) is 77.8 cm³/mol. The number of fused-ring (bicyclic) bond motifs is 1. The summed E-state index contributed by atoms with van der Waals surface area (Å²) in [5, 5.41) is 0. The van der Waals surface area contributed by atoms with E-state index in [-0.39, 0.29) is 6.04 Å². The second-order valence-corrected chi connectivity index (χ2v) is 5.27. The molecular formula is C16H19N3O. The molecule has 1 aliphatic carbocycles. The largest absolute Gasteiger partial charge is 0.481 e. The molecule has 3 rings (SSSR count). The number of nitrogens with two attached hydrogens (primary N) is 1. The molecule has 2 aromatic heterocycles. The van der Waals surface area contributed by atoms with Gasteiger partial charge in [0.15, 0.2) is 0 Å². The zero-order valence-corrected chi connectivity index (χ0v) is 11.6. The highest BCUT2D eigenvalue weighted by Gasteiger charge is 2.28. The van der Waals surface area contributed by atoms with Crippen LogP contribution >= 0.6 is 0 Å². The molecule has 1 aliphatic rings. The minimum absolute atomic E-state index is 0.0846. The van der Waals surface area contributed by atoms with Gasteiger partial charge in [-0.2, -0.15) is 0 Å². The van der Waals surface area contributed by atoms with Gasteiger partial charge >= 0.3 is 0 Å². The Morgan fingerprint density at radius 2 is 2.25 bits per heavy atom. The highest BCUT2D eigenvalue weighted by atomic mass is 16.5. The lowest BCUT2D eigenvalue weighted by molar-refractivity contribution is 0.397. The van der Waals surface area contributed by atoms with E-state index in [9.17, 15) is 0 Å². The van der Waals surface area contributed by atoms with Crippen molar-refractivity contribution in [2.75, 3.05) is 7.11 Å². The number of aromatic nitrogens is 2. The van der Waals surface area contributed by atoms with Crippen LogP contribution in [0.5, 0.6) is 5.88 Å². The van der Waals surface area contributed by atoms with Crippen molar-refractivity contribution in [3.05, 3.63) is 53.5 Å². The summed E-state index contributed by atoms with van der Waals surface area (Å²) in [6.07, 6.45) is 6.70. The summed E-state index contributed by atoms with van der Waals surface area (Å²) in [7, 11) is 1.62. The predicted octanol–water partition coefficient (Wildman–Crippen LogP) is 2.08. The fraction of sp³-hybridized carbons (Fsp3) is 0.375. The third kappa shape index (κ3) is 2.51. The summed E-state index contributed by atoms with van der Waals surface area (Å²) >= 11 is 0. The minimum atomic E-state index is 0.0846. The standard InChI is InChI=1S/C16H19N3O/c1-20-15-7-4-11(10-19-15)9-14(17)13-6-5-12-3-2-8-18-16(12)13/h2-4,7-8,10,13-14H,5-6,9,17H2,1H3. The molecule has 0 bridgehead atoms. The summed E-state index contributed by atoms with van der Waals surface area (Å²) in [5.41, 5.74) is 10.1. The molecule has 2 unspecified atom stereocenters. The van der Waals surface area contributed by atoms with Crippen molar-refractivity contribution >= 4 is 0 Å². The summed E-state index contributed by atoms with van der Waals surface area (Å²) in [6, 6.07) is 8.15. The van der Waals surface area contributed by atoms with E-state index in [2.05, 4.69) is 16.0 Å². The van der Waals surface area contributed by atoms with Crippen molar-refractivity contribution in [3.8, 4) is 5.88 Å². The van der Waals surface area contributed by atoms with Gasteiger partial charge in [-0.15, -0.1) is 0 Å². The first-order valence-corrected chi connectivity index (χ1v) is 6.96. The van der Waals surface area contributed by atoms with Crippen LogP contribution < -0.4 is 10.5 Å². The van der Waals surface area contributed by atoms with Gasteiger partial charge in [-0.1, -0.05) is 12.1 Å². The SMILES string of the molecule is COc1ccc(CC(N)C2CCc3cccnc32)cn1. The molecule has 0 amide bonds. The summed E-state index contributed by atoms with van der Waals surface area (Å²) < 4.78 is 5.07. The van der Waals surface area contributed by atoms with E-state index in [1.54, 1.807) is 7.11 Å². The quantitative estimate of drug-likeness (QED) is 0.923. The van der Waals surface area contributed by atoms with Crippen LogP contribution in [0.25, 0.3) is 0 Å². The molecule has 0 spiro atoms. The number of pyridine rings is 2. The molecule has 4 nitrogen and oxygen atoms in total. The van der Waals surface area contributed by atoms with Crippen LogP contribution in [0.3, 0.4) is 0 Å². The van der Waals surface area contributed by atoms with Gasteiger partial charge < -0.3 is 10.5 Å². The molecule has 0 saturated heterocycles. The second kappa shape index (κ2) is 5.59. The van der Waals surface area contributed by atoms with Crippen molar-refractivity contribution < 1.29 is 4.74 Å². The molecule has 2 atom stereocenters. The average molecular weight is 269 g/mol. The van der Waals surface area contributed by atoms with Gasteiger partial charge in [-0.05, 0) is 36.5 Å². The maximum absolute atomic E-state index is 6.40. The molecule has 0 fully saturated rings. The molecular weight excluding hydrogens is 250 g/mol. The van der Waals surface area contributed by atoms with Crippen LogP contribution in [0, 0.1) is 0 Å². The zero-order valence-electron chi connectivity index (χ0n) is 11.6. The first-order chi connectivity index (χ1) is 9.78. The van der Waals surface area contributed by atoms with E-state index in [1.165, 1.54) is 11.3 Å². The van der Waals surface area contributed by atoms with Crippen molar-refractivity contribution in [1.82, 2.24) is 9.97 Å². The van der Waals surface area contributed by atoms with Crippen LogP contribution in [0.15, 0.2) is 36.7 Å². The van der Waals surface area contributed by atoms with E-state index in [0.29, 0.717) is 11.8 Å². The Labute approximate surface area is 119 Å². The van der Waals surface area contributed by atoms with Crippen LogP contribution in [0.4, 0.5) is 0 Å². The Morgan fingerprint density at radius 1 is 1.35 bits per heavy atom. The van der Waals surface area contributed by atoms with Crippen molar-refractivity contribution in [3.63, 3.8) is 0 Å². The fourth-order valence-corrected chi connectivity index (χ4v) is 2.93. The number of methoxy groups -OCH3 is 1. The highest BCUT2D eigenvalue weighted by molar-refractivity contribution is 5.30. The van der Waals surface area contributed by atoms with E-state index in [1.807, 2.05) is 30.6 Å². The Kier molecular flexibility index (Phi) is 3.65. The van der Waals surface area contributed by atoms with E-state index < -0.39 is 0 Å². The summed E-state index contributed by atoms with van der Waals surface area (Å²) in [4.78, 5) is 8.74. The maximum Gasteiger partial charge on any atom is 0.212 e. The van der Waals surface area contributed by atoms with Crippen LogP contribution in [0.1, 0.15) is 29.2 Å². The van der Waals surface area contributed by atoms with Crippen LogP contribution in [-0.4, -0.2) is 23.1 Å². The smallest absolute Gasteiger partial charge is 0.212 e. The van der Waals surface area contributed by atoms with Gasteiger partial charge in [0, 0.05) is 36.1 Å². The van der Waals surface area contributed by atoms with Gasteiger partial charge in [0.2, 0.25) is 5.88 Å². The number of ether oxygens (including phenoxy) is 1. The number of hydrogen-bond acceptors (Lipinski definition) is 4. The van der Waals surface area contributed by atoms with E-state index >= 15 is 0 Å². The molecule has 0 aliphatic heterocycles. The minimum Gasteiger partial charge on any atom is -0.481 e. The summed E-state index contributed by atoms with van der Waals surface area (Å²) in [5.74, 6) is 0.989. The second-order valence-electron chi connectivity index (χ2n) is 5.27. The molecule has 0 aromatic carbocycles. The normalized spacial score (nSPS) is 18.6. The third-order valence-corrected chi connectivity index (χ3v) is 4.00. The molecule has 20 heavy (non-hydrogen) atoms. The Hall–Kier alpha value is -1.94. The van der Waals surface area contributed by atoms with Gasteiger partial charge in [0.25, 0.3) is 0 Å². The number of rotatable bonds is 4. The van der Waals surface area contributed by atoms with Crippen LogP contribution in [-0.2, 0) is 12.8 Å². The molecule has 4 heteroatoms. The molecule has 0 radical (unpaired) electrons. The van der Waals surface area contributed by atoms with Crippen molar-refractivity contribution in [1.29, 1.82) is 0 Å². The Balaban J connectivity index is 1.72. The molecule has 0 saturated carbocycles. The van der Waals surface area contributed by atoms with Crippen molar-refractivity contribution in [2.45, 2.75) is 31.2 Å². The maximum atomic E-state index is 6.40. The van der Waals surface area contributed by atoms with Crippen molar-refractivity contribution in [2.24, 2.45) is 5.73 Å². The zero-order chi connectivity index (χ0) is 13.9. The van der Waals surface area contributed by atoms with Crippen LogP contribution in [0.2, 0.25) is 0 Å². The van der Waals surface area contributed by atoms with Gasteiger partial charge in [-0.25, -0.2) is 4.98 Å².